The number of nitrogens with one attached hydrogen (secondary N) is 2. The topological polar surface area (TPSA) is 61.4 Å². The average Bonchev–Trinajstić information content (AvgIpc) is 3.37. The average molecular weight is 450 g/mol. The van der Waals surface area contributed by atoms with Crippen molar-refractivity contribution in [2.75, 3.05) is 29.9 Å². The largest absolute Gasteiger partial charge is 0.371 e. The molecule has 3 rings (SSSR count). The first-order chi connectivity index (χ1) is 16.2. The Hall–Kier alpha value is -2.82. The number of unbranched alkanes of at least 4 members (excludes halogenated alkanes) is 5. The second kappa shape index (κ2) is 13.7. The maximum absolute atomic E-state index is 13.1. The van der Waals surface area contributed by atoms with Crippen molar-refractivity contribution in [3.8, 4) is 0 Å². The molecule has 1 aliphatic rings. The van der Waals surface area contributed by atoms with Crippen LogP contribution in [-0.4, -0.2) is 31.4 Å². The molecule has 0 atom stereocenters. The summed E-state index contributed by atoms with van der Waals surface area (Å²) in [5, 5.41) is 6.07. The van der Waals surface area contributed by atoms with Crippen LogP contribution in [0.5, 0.6) is 0 Å². The van der Waals surface area contributed by atoms with Gasteiger partial charge in [-0.15, -0.1) is 0 Å². The quantitative estimate of drug-likeness (QED) is 0.372. The molecule has 5 nitrogen and oxygen atoms in total. The zero-order chi connectivity index (χ0) is 23.3. The van der Waals surface area contributed by atoms with Crippen LogP contribution in [0.1, 0.15) is 80.6 Å². The summed E-state index contributed by atoms with van der Waals surface area (Å²) in [7, 11) is 0. The number of carbonyl (C=O) groups is 2. The summed E-state index contributed by atoms with van der Waals surface area (Å²) >= 11 is 0. The highest BCUT2D eigenvalue weighted by Gasteiger charge is 2.20. The van der Waals surface area contributed by atoms with Gasteiger partial charge in [0.05, 0.1) is 5.56 Å². The van der Waals surface area contributed by atoms with E-state index in [2.05, 4.69) is 34.6 Å². The number of hydrogen-bond acceptors (Lipinski definition) is 3. The minimum Gasteiger partial charge on any atom is -0.371 e. The van der Waals surface area contributed by atoms with E-state index in [0.29, 0.717) is 24.2 Å². The van der Waals surface area contributed by atoms with Crippen molar-refractivity contribution in [2.24, 2.45) is 0 Å². The third kappa shape index (κ3) is 8.23. The van der Waals surface area contributed by atoms with Crippen LogP contribution in [0.4, 0.5) is 11.4 Å². The van der Waals surface area contributed by atoms with Crippen LogP contribution in [0.2, 0.25) is 0 Å². The van der Waals surface area contributed by atoms with Crippen molar-refractivity contribution in [1.29, 1.82) is 0 Å². The van der Waals surface area contributed by atoms with Gasteiger partial charge in [0, 0.05) is 37.4 Å². The van der Waals surface area contributed by atoms with Crippen LogP contribution in [-0.2, 0) is 11.2 Å². The van der Waals surface area contributed by atoms with Crippen LogP contribution in [0.25, 0.3) is 0 Å². The minimum absolute atomic E-state index is 0.0230. The molecule has 2 aromatic carbocycles. The van der Waals surface area contributed by atoms with E-state index < -0.39 is 0 Å². The number of anilines is 2. The SMILES string of the molecule is CCCCCCCCC(=O)Nc1ccc(N2CCCC2)c(C(=O)NCCc2ccccc2)c1. The second-order valence-corrected chi connectivity index (χ2v) is 8.98. The maximum Gasteiger partial charge on any atom is 0.253 e. The summed E-state index contributed by atoms with van der Waals surface area (Å²) in [4.78, 5) is 27.8. The molecule has 0 unspecified atom stereocenters. The summed E-state index contributed by atoms with van der Waals surface area (Å²) < 4.78 is 0. The number of benzene rings is 2. The Morgan fingerprint density at radius 1 is 0.909 bits per heavy atom. The van der Waals surface area contributed by atoms with Gasteiger partial charge in [-0.05, 0) is 49.4 Å². The lowest BCUT2D eigenvalue weighted by molar-refractivity contribution is -0.116. The summed E-state index contributed by atoms with van der Waals surface area (Å²) in [5.74, 6) is -0.0605. The summed E-state index contributed by atoms with van der Waals surface area (Å²) in [6.07, 6.45) is 10.6. The van der Waals surface area contributed by atoms with Crippen LogP contribution in [0.3, 0.4) is 0 Å². The number of nitrogens with zero attached hydrogens (tertiary/aromatic N) is 1. The van der Waals surface area contributed by atoms with Crippen LogP contribution in [0, 0.1) is 0 Å². The highest BCUT2D eigenvalue weighted by Crippen LogP contribution is 2.28. The predicted molar refractivity (Wildman–Crippen MR) is 137 cm³/mol. The van der Waals surface area contributed by atoms with E-state index in [-0.39, 0.29) is 11.8 Å². The van der Waals surface area contributed by atoms with Crippen molar-refractivity contribution < 1.29 is 9.59 Å². The molecule has 1 saturated heterocycles. The van der Waals surface area contributed by atoms with E-state index in [1.54, 1.807) is 0 Å². The monoisotopic (exact) mass is 449 g/mol. The number of rotatable bonds is 13. The number of amides is 2. The molecular weight excluding hydrogens is 410 g/mol. The number of hydrogen-bond donors (Lipinski definition) is 2. The van der Waals surface area contributed by atoms with Gasteiger partial charge in [-0.3, -0.25) is 9.59 Å². The third-order valence-corrected chi connectivity index (χ3v) is 6.27. The zero-order valence-electron chi connectivity index (χ0n) is 20.1. The van der Waals surface area contributed by atoms with Crippen LogP contribution >= 0.6 is 0 Å². The van der Waals surface area contributed by atoms with E-state index in [1.165, 1.54) is 31.2 Å². The Labute approximate surface area is 199 Å². The van der Waals surface area contributed by atoms with Crippen molar-refractivity contribution in [3.05, 3.63) is 59.7 Å². The molecule has 33 heavy (non-hydrogen) atoms. The van der Waals surface area contributed by atoms with Crippen LogP contribution in [0.15, 0.2) is 48.5 Å². The lowest BCUT2D eigenvalue weighted by Crippen LogP contribution is -2.29. The summed E-state index contributed by atoms with van der Waals surface area (Å²) in [6.45, 7) is 4.72. The van der Waals surface area contributed by atoms with E-state index in [4.69, 9.17) is 0 Å². The molecule has 0 aliphatic carbocycles. The molecule has 1 fully saturated rings. The molecule has 1 aliphatic heterocycles. The van der Waals surface area contributed by atoms with E-state index in [9.17, 15) is 9.59 Å². The van der Waals surface area contributed by atoms with Crippen LogP contribution < -0.4 is 15.5 Å². The Balaban J connectivity index is 1.58. The molecule has 0 bridgehead atoms. The van der Waals surface area contributed by atoms with Crippen molar-refractivity contribution >= 4 is 23.2 Å². The summed E-state index contributed by atoms with van der Waals surface area (Å²) in [5.41, 5.74) is 3.50. The maximum atomic E-state index is 13.1. The molecule has 2 amide bonds. The molecule has 2 N–H and O–H groups in total. The number of carbonyl (C=O) groups excluding carboxylic acids is 2. The van der Waals surface area contributed by atoms with E-state index in [1.807, 2.05) is 36.4 Å². The highest BCUT2D eigenvalue weighted by molar-refractivity contribution is 6.02. The standard InChI is InChI=1S/C28H39N3O2/c1-2-3-4-5-6-10-15-27(32)30-24-16-17-26(31-20-11-12-21-31)25(22-24)28(33)29-19-18-23-13-8-7-9-14-23/h7-9,13-14,16-17,22H,2-6,10-12,15,18-21H2,1H3,(H,29,33)(H,30,32). The molecule has 1 heterocycles. The smallest absolute Gasteiger partial charge is 0.253 e. The molecular formula is C28H39N3O2. The van der Waals surface area contributed by atoms with E-state index in [0.717, 1.165) is 50.9 Å². The van der Waals surface area contributed by atoms with Gasteiger partial charge in [0.1, 0.15) is 0 Å². The lowest BCUT2D eigenvalue weighted by atomic mass is 10.1. The van der Waals surface area contributed by atoms with Gasteiger partial charge in [-0.2, -0.15) is 0 Å². The van der Waals surface area contributed by atoms with Gasteiger partial charge >= 0.3 is 0 Å². The van der Waals surface area contributed by atoms with Crippen molar-refractivity contribution in [2.45, 2.75) is 71.1 Å². The van der Waals surface area contributed by atoms with Gasteiger partial charge < -0.3 is 15.5 Å². The Morgan fingerprint density at radius 2 is 1.64 bits per heavy atom. The minimum atomic E-state index is -0.0835. The summed E-state index contributed by atoms with van der Waals surface area (Å²) in [6, 6.07) is 15.9. The zero-order valence-corrected chi connectivity index (χ0v) is 20.1. The molecule has 0 spiro atoms. The fourth-order valence-corrected chi connectivity index (χ4v) is 4.38. The second-order valence-electron chi connectivity index (χ2n) is 8.98. The normalized spacial score (nSPS) is 13.2. The predicted octanol–water partition coefficient (Wildman–Crippen LogP) is 5.95. The first-order valence-corrected chi connectivity index (χ1v) is 12.7. The molecule has 5 heteroatoms. The Morgan fingerprint density at radius 3 is 2.39 bits per heavy atom. The Kier molecular flexibility index (Phi) is 10.3. The molecule has 0 radical (unpaired) electrons. The Bertz CT molecular complexity index is 876. The molecule has 0 saturated carbocycles. The van der Waals surface area contributed by atoms with E-state index >= 15 is 0 Å². The van der Waals surface area contributed by atoms with Crippen molar-refractivity contribution in [1.82, 2.24) is 5.32 Å². The van der Waals surface area contributed by atoms with Gasteiger partial charge in [0.25, 0.3) is 5.91 Å². The molecule has 178 valence electrons. The van der Waals surface area contributed by atoms with Gasteiger partial charge in [-0.25, -0.2) is 0 Å². The molecule has 2 aromatic rings. The van der Waals surface area contributed by atoms with Gasteiger partial charge in [-0.1, -0.05) is 69.4 Å². The first-order valence-electron chi connectivity index (χ1n) is 12.7. The fourth-order valence-electron chi connectivity index (χ4n) is 4.38. The lowest BCUT2D eigenvalue weighted by Gasteiger charge is -2.22. The highest BCUT2D eigenvalue weighted by atomic mass is 16.2. The van der Waals surface area contributed by atoms with Gasteiger partial charge in [0.2, 0.25) is 5.91 Å². The van der Waals surface area contributed by atoms with Crippen molar-refractivity contribution in [3.63, 3.8) is 0 Å². The van der Waals surface area contributed by atoms with Gasteiger partial charge in [0.15, 0.2) is 0 Å². The third-order valence-electron chi connectivity index (χ3n) is 6.27. The first kappa shape index (κ1) is 24.8. The molecule has 0 aromatic heterocycles. The fraction of sp³-hybridized carbons (Fsp3) is 0.500.